The number of hydrogen-bond donors (Lipinski definition) is 2. The normalized spacial score (nSPS) is 10.9. The molecule has 0 aliphatic carbocycles. The van der Waals surface area contributed by atoms with Crippen LogP contribution in [0.1, 0.15) is 33.5 Å². The average molecular weight is 461 g/mol. The second-order valence-electron chi connectivity index (χ2n) is 7.81. The molecule has 3 aromatic carbocycles. The summed E-state index contributed by atoms with van der Waals surface area (Å²) in [7, 11) is 0. The molecule has 2 N–H and O–H groups in total. The van der Waals surface area contributed by atoms with Crippen molar-refractivity contribution < 1.29 is 19.1 Å². The van der Waals surface area contributed by atoms with Crippen LogP contribution in [0.25, 0.3) is 16.7 Å². The van der Waals surface area contributed by atoms with Gasteiger partial charge < -0.3 is 15.3 Å². The zero-order valence-corrected chi connectivity index (χ0v) is 19.0. The first-order valence-corrected chi connectivity index (χ1v) is 11.0. The average Bonchev–Trinajstić information content (AvgIpc) is 3.18. The number of nitrogens with zero attached hydrogens (tertiary/aromatic N) is 3. The summed E-state index contributed by atoms with van der Waals surface area (Å²) < 4.78 is 15.2. The van der Waals surface area contributed by atoms with Crippen LogP contribution in [0.4, 0.5) is 10.1 Å². The molecule has 2 amide bonds. The van der Waals surface area contributed by atoms with E-state index >= 15 is 0 Å². The Kier molecular flexibility index (Phi) is 6.70. The Balaban J connectivity index is 1.56. The molecule has 174 valence electrons. The monoisotopic (exact) mass is 460 g/mol. The van der Waals surface area contributed by atoms with Crippen molar-refractivity contribution in [3.05, 3.63) is 89.5 Å². The minimum Gasteiger partial charge on any atom is -0.395 e. The van der Waals surface area contributed by atoms with Crippen LogP contribution in [0.2, 0.25) is 0 Å². The van der Waals surface area contributed by atoms with Gasteiger partial charge in [0.05, 0.1) is 17.6 Å². The van der Waals surface area contributed by atoms with E-state index in [4.69, 9.17) is 5.11 Å². The minimum absolute atomic E-state index is 0.0996. The molecule has 1 aromatic heterocycles. The topological polar surface area (TPSA) is 87.5 Å². The molecule has 0 unspecified atom stereocenters. The molecule has 0 radical (unpaired) electrons. The number of fused-ring (bicyclic) bond motifs is 1. The Labute approximate surface area is 196 Å². The van der Waals surface area contributed by atoms with Crippen molar-refractivity contribution in [2.24, 2.45) is 0 Å². The van der Waals surface area contributed by atoms with Gasteiger partial charge in [0.2, 0.25) is 0 Å². The third kappa shape index (κ3) is 4.67. The molecule has 4 rings (SSSR count). The summed E-state index contributed by atoms with van der Waals surface area (Å²) >= 11 is 0. The second kappa shape index (κ2) is 9.84. The highest BCUT2D eigenvalue weighted by Gasteiger charge is 2.15. The van der Waals surface area contributed by atoms with Gasteiger partial charge in [-0.1, -0.05) is 0 Å². The standard InChI is InChI=1S/C26H25FN4O3/c1-3-30(14-15-32)26(34)18-4-9-21(10-5-18)29-25(33)19-6-13-23-24(16-19)31(17(2)28-23)22-11-7-20(27)8-12-22/h4-13,16,32H,3,14-15H2,1-2H3,(H,29,33). The first-order valence-electron chi connectivity index (χ1n) is 11.0. The molecule has 0 saturated heterocycles. The molecule has 4 aromatic rings. The van der Waals surface area contributed by atoms with Crippen LogP contribution in [-0.4, -0.2) is 51.1 Å². The Morgan fingerprint density at radius 1 is 1.03 bits per heavy atom. The summed E-state index contributed by atoms with van der Waals surface area (Å²) in [6, 6.07) is 18.0. The number of hydrogen-bond acceptors (Lipinski definition) is 4. The number of carbonyl (C=O) groups is 2. The van der Waals surface area contributed by atoms with E-state index in [9.17, 15) is 14.0 Å². The van der Waals surface area contributed by atoms with Crippen LogP contribution in [0, 0.1) is 12.7 Å². The van der Waals surface area contributed by atoms with E-state index in [2.05, 4.69) is 10.3 Å². The first-order chi connectivity index (χ1) is 16.4. The number of aromatic nitrogens is 2. The number of amides is 2. The van der Waals surface area contributed by atoms with Crippen LogP contribution in [0.5, 0.6) is 0 Å². The molecule has 1 heterocycles. The van der Waals surface area contributed by atoms with E-state index in [0.717, 1.165) is 22.5 Å². The van der Waals surface area contributed by atoms with E-state index < -0.39 is 0 Å². The molecule has 8 heteroatoms. The zero-order chi connectivity index (χ0) is 24.2. The third-order valence-electron chi connectivity index (χ3n) is 5.60. The second-order valence-corrected chi connectivity index (χ2v) is 7.81. The molecule has 0 fully saturated rings. The van der Waals surface area contributed by atoms with Crippen LogP contribution >= 0.6 is 0 Å². The van der Waals surface area contributed by atoms with Crippen LogP contribution < -0.4 is 5.32 Å². The molecule has 0 spiro atoms. The van der Waals surface area contributed by atoms with Crippen molar-refractivity contribution in [1.82, 2.24) is 14.5 Å². The van der Waals surface area contributed by atoms with Crippen molar-refractivity contribution >= 4 is 28.5 Å². The number of rotatable bonds is 7. The van der Waals surface area contributed by atoms with Gasteiger partial charge in [-0.05, 0) is 80.6 Å². The van der Waals surface area contributed by atoms with Gasteiger partial charge in [-0.25, -0.2) is 9.37 Å². The van der Waals surface area contributed by atoms with Crippen molar-refractivity contribution in [2.75, 3.05) is 25.0 Å². The maximum Gasteiger partial charge on any atom is 0.255 e. The molecular formula is C26H25FN4O3. The number of benzene rings is 3. The molecule has 7 nitrogen and oxygen atoms in total. The highest BCUT2D eigenvalue weighted by molar-refractivity contribution is 6.06. The number of aryl methyl sites for hydroxylation is 1. The van der Waals surface area contributed by atoms with E-state index in [1.54, 1.807) is 59.5 Å². The lowest BCUT2D eigenvalue weighted by Gasteiger charge is -2.19. The predicted molar refractivity (Wildman–Crippen MR) is 129 cm³/mol. The van der Waals surface area contributed by atoms with Crippen molar-refractivity contribution in [3.8, 4) is 5.69 Å². The van der Waals surface area contributed by atoms with Crippen molar-refractivity contribution in [2.45, 2.75) is 13.8 Å². The van der Waals surface area contributed by atoms with Gasteiger partial charge in [-0.15, -0.1) is 0 Å². The maximum atomic E-state index is 13.4. The number of likely N-dealkylation sites (N-methyl/N-ethyl adjacent to an activating group) is 1. The summed E-state index contributed by atoms with van der Waals surface area (Å²) in [4.78, 5) is 31.5. The van der Waals surface area contributed by atoms with Gasteiger partial charge in [-0.2, -0.15) is 0 Å². The zero-order valence-electron chi connectivity index (χ0n) is 19.0. The lowest BCUT2D eigenvalue weighted by atomic mass is 10.1. The number of nitrogens with one attached hydrogen (secondary N) is 1. The van der Waals surface area contributed by atoms with E-state index in [1.165, 1.54) is 12.1 Å². The lowest BCUT2D eigenvalue weighted by molar-refractivity contribution is 0.0732. The summed E-state index contributed by atoms with van der Waals surface area (Å²) in [5.74, 6) is -0.0820. The summed E-state index contributed by atoms with van der Waals surface area (Å²) in [5.41, 5.74) is 3.69. The summed E-state index contributed by atoms with van der Waals surface area (Å²) in [6.45, 7) is 4.37. The highest BCUT2D eigenvalue weighted by Crippen LogP contribution is 2.23. The smallest absolute Gasteiger partial charge is 0.255 e. The van der Waals surface area contributed by atoms with Crippen LogP contribution in [-0.2, 0) is 0 Å². The number of halogens is 1. The fraction of sp³-hybridized carbons (Fsp3) is 0.192. The predicted octanol–water partition coefficient (Wildman–Crippen LogP) is 4.18. The molecular weight excluding hydrogens is 435 g/mol. The number of anilines is 1. The fourth-order valence-electron chi connectivity index (χ4n) is 3.86. The molecule has 0 saturated carbocycles. The van der Waals surface area contributed by atoms with Gasteiger partial charge in [0.15, 0.2) is 0 Å². The minimum atomic E-state index is -0.325. The summed E-state index contributed by atoms with van der Waals surface area (Å²) in [6.07, 6.45) is 0. The Morgan fingerprint density at radius 3 is 2.35 bits per heavy atom. The highest BCUT2D eigenvalue weighted by atomic mass is 19.1. The molecule has 0 aliphatic heterocycles. The number of carbonyl (C=O) groups excluding carboxylic acids is 2. The number of aliphatic hydroxyl groups is 1. The van der Waals surface area contributed by atoms with Crippen molar-refractivity contribution in [1.29, 1.82) is 0 Å². The van der Waals surface area contributed by atoms with Crippen LogP contribution in [0.3, 0.4) is 0 Å². The Hall–Kier alpha value is -4.04. The van der Waals surface area contributed by atoms with E-state index in [0.29, 0.717) is 23.4 Å². The third-order valence-corrected chi connectivity index (χ3v) is 5.60. The van der Waals surface area contributed by atoms with E-state index in [1.807, 2.05) is 18.4 Å². The molecule has 0 bridgehead atoms. The van der Waals surface area contributed by atoms with Gasteiger partial charge in [0.25, 0.3) is 11.8 Å². The van der Waals surface area contributed by atoms with Gasteiger partial charge in [-0.3, -0.25) is 14.2 Å². The molecule has 34 heavy (non-hydrogen) atoms. The van der Waals surface area contributed by atoms with Crippen LogP contribution in [0.15, 0.2) is 66.7 Å². The first kappa shape index (κ1) is 23.1. The molecule has 0 aliphatic rings. The SMILES string of the molecule is CCN(CCO)C(=O)c1ccc(NC(=O)c2ccc3nc(C)n(-c4ccc(F)cc4)c3c2)cc1. The Bertz CT molecular complexity index is 1330. The number of aliphatic hydroxyl groups excluding tert-OH is 1. The molecule has 0 atom stereocenters. The van der Waals surface area contributed by atoms with Gasteiger partial charge in [0, 0.05) is 35.6 Å². The fourth-order valence-corrected chi connectivity index (χ4v) is 3.86. The largest absolute Gasteiger partial charge is 0.395 e. The van der Waals surface area contributed by atoms with Gasteiger partial charge in [0.1, 0.15) is 11.6 Å². The Morgan fingerprint density at radius 2 is 1.71 bits per heavy atom. The lowest BCUT2D eigenvalue weighted by Crippen LogP contribution is -2.33. The quantitative estimate of drug-likeness (QED) is 0.433. The van der Waals surface area contributed by atoms with E-state index in [-0.39, 0.29) is 30.8 Å². The number of imidazole rings is 1. The van der Waals surface area contributed by atoms with Gasteiger partial charge >= 0.3 is 0 Å². The van der Waals surface area contributed by atoms with Crippen molar-refractivity contribution in [3.63, 3.8) is 0 Å². The summed E-state index contributed by atoms with van der Waals surface area (Å²) in [5, 5.41) is 12.0. The maximum absolute atomic E-state index is 13.4.